The Hall–Kier alpha value is -2.24. The number of carboxylic acid groups (broad SMARTS) is 1. The van der Waals surface area contributed by atoms with Gasteiger partial charge in [-0.2, -0.15) is 0 Å². The van der Waals surface area contributed by atoms with Crippen molar-refractivity contribution < 1.29 is 24.2 Å². The molecule has 1 N–H and O–H groups in total. The summed E-state index contributed by atoms with van der Waals surface area (Å²) in [4.78, 5) is 24.8. The number of hydrogen-bond donors (Lipinski definition) is 1. The summed E-state index contributed by atoms with van der Waals surface area (Å²) >= 11 is 0. The zero-order valence-electron chi connectivity index (χ0n) is 13.0. The number of aryl methyl sites for hydroxylation is 1. The molecule has 120 valence electrons. The third-order valence-corrected chi connectivity index (χ3v) is 4.12. The number of amides is 1. The van der Waals surface area contributed by atoms with Crippen LogP contribution in [-0.2, 0) is 9.59 Å². The van der Waals surface area contributed by atoms with Crippen LogP contribution in [0, 0.1) is 12.8 Å². The van der Waals surface area contributed by atoms with Crippen molar-refractivity contribution in [1.82, 2.24) is 4.90 Å². The van der Waals surface area contributed by atoms with E-state index in [9.17, 15) is 9.59 Å². The van der Waals surface area contributed by atoms with E-state index in [1.165, 1.54) is 0 Å². The summed E-state index contributed by atoms with van der Waals surface area (Å²) in [7, 11) is 1.60. The molecule has 1 heterocycles. The summed E-state index contributed by atoms with van der Waals surface area (Å²) < 4.78 is 10.7. The lowest BCUT2D eigenvalue weighted by atomic mass is 10.0. The van der Waals surface area contributed by atoms with Gasteiger partial charge < -0.3 is 19.5 Å². The second kappa shape index (κ2) is 6.68. The standard InChI is InChI=1S/C16H21NO5/c1-10-8-12(4-5-14(10)21-3)22-9-15(18)17-7-6-13(11(17)2)16(19)20/h4-5,8,11,13H,6-7,9H2,1-3H3,(H,19,20). The van der Waals surface area contributed by atoms with Gasteiger partial charge in [-0.05, 0) is 44.0 Å². The fraction of sp³-hybridized carbons (Fsp3) is 0.500. The van der Waals surface area contributed by atoms with Crippen molar-refractivity contribution in [3.63, 3.8) is 0 Å². The summed E-state index contributed by atoms with van der Waals surface area (Å²) in [5.74, 6) is -0.184. The molecule has 1 aliphatic rings. The van der Waals surface area contributed by atoms with Gasteiger partial charge in [-0.1, -0.05) is 0 Å². The van der Waals surface area contributed by atoms with Gasteiger partial charge in [-0.15, -0.1) is 0 Å². The topological polar surface area (TPSA) is 76.1 Å². The Labute approximate surface area is 129 Å². The number of aliphatic carboxylic acids is 1. The van der Waals surface area contributed by atoms with Crippen molar-refractivity contribution in [3.8, 4) is 11.5 Å². The number of carbonyl (C=O) groups excluding carboxylic acids is 1. The molecular weight excluding hydrogens is 286 g/mol. The number of nitrogens with zero attached hydrogens (tertiary/aromatic N) is 1. The van der Waals surface area contributed by atoms with Crippen LogP contribution in [0.3, 0.4) is 0 Å². The normalized spacial score (nSPS) is 20.8. The maximum absolute atomic E-state index is 12.2. The van der Waals surface area contributed by atoms with Gasteiger partial charge in [0.2, 0.25) is 0 Å². The summed E-state index contributed by atoms with van der Waals surface area (Å²) in [6.45, 7) is 4.03. The van der Waals surface area contributed by atoms with Crippen LogP contribution in [0.15, 0.2) is 18.2 Å². The van der Waals surface area contributed by atoms with Gasteiger partial charge in [0.15, 0.2) is 6.61 Å². The zero-order chi connectivity index (χ0) is 16.3. The number of rotatable bonds is 5. The highest BCUT2D eigenvalue weighted by Gasteiger charge is 2.38. The lowest BCUT2D eigenvalue weighted by Gasteiger charge is -2.23. The molecule has 1 aliphatic heterocycles. The SMILES string of the molecule is COc1ccc(OCC(=O)N2CCC(C(=O)O)C2C)cc1C. The molecule has 2 rings (SSSR count). The number of likely N-dealkylation sites (tertiary alicyclic amines) is 1. The predicted octanol–water partition coefficient (Wildman–Crippen LogP) is 1.70. The van der Waals surface area contributed by atoms with E-state index in [0.29, 0.717) is 18.7 Å². The van der Waals surface area contributed by atoms with Crippen molar-refractivity contribution in [2.24, 2.45) is 5.92 Å². The van der Waals surface area contributed by atoms with E-state index in [1.54, 1.807) is 37.1 Å². The van der Waals surface area contributed by atoms with Crippen LogP contribution in [0.1, 0.15) is 18.9 Å². The molecule has 0 spiro atoms. The van der Waals surface area contributed by atoms with Gasteiger partial charge in [-0.25, -0.2) is 0 Å². The van der Waals surface area contributed by atoms with Crippen LogP contribution in [0.25, 0.3) is 0 Å². The molecule has 6 nitrogen and oxygen atoms in total. The molecule has 2 unspecified atom stereocenters. The number of hydrogen-bond acceptors (Lipinski definition) is 4. The highest BCUT2D eigenvalue weighted by atomic mass is 16.5. The molecule has 0 radical (unpaired) electrons. The zero-order valence-corrected chi connectivity index (χ0v) is 13.0. The largest absolute Gasteiger partial charge is 0.496 e. The summed E-state index contributed by atoms with van der Waals surface area (Å²) in [6, 6.07) is 5.03. The highest BCUT2D eigenvalue weighted by molar-refractivity contribution is 5.80. The number of carbonyl (C=O) groups is 2. The van der Waals surface area contributed by atoms with Gasteiger partial charge in [0, 0.05) is 12.6 Å². The van der Waals surface area contributed by atoms with E-state index < -0.39 is 11.9 Å². The molecule has 0 saturated carbocycles. The molecule has 1 fully saturated rings. The second-order valence-corrected chi connectivity index (χ2v) is 5.48. The fourth-order valence-electron chi connectivity index (χ4n) is 2.79. The smallest absolute Gasteiger partial charge is 0.308 e. The Kier molecular flexibility index (Phi) is 4.90. The molecule has 1 amide bonds. The van der Waals surface area contributed by atoms with Crippen LogP contribution < -0.4 is 9.47 Å². The van der Waals surface area contributed by atoms with Crippen LogP contribution >= 0.6 is 0 Å². The van der Waals surface area contributed by atoms with Crippen molar-refractivity contribution in [3.05, 3.63) is 23.8 Å². The first kappa shape index (κ1) is 16.1. The van der Waals surface area contributed by atoms with Gasteiger partial charge in [0.05, 0.1) is 13.0 Å². The Morgan fingerprint density at radius 2 is 2.14 bits per heavy atom. The van der Waals surface area contributed by atoms with Crippen molar-refractivity contribution in [1.29, 1.82) is 0 Å². The first-order chi connectivity index (χ1) is 10.4. The number of carboxylic acids is 1. The predicted molar refractivity (Wildman–Crippen MR) is 80.1 cm³/mol. The Balaban J connectivity index is 1.93. The minimum absolute atomic E-state index is 0.0948. The van der Waals surface area contributed by atoms with Gasteiger partial charge in [-0.3, -0.25) is 9.59 Å². The van der Waals surface area contributed by atoms with Crippen molar-refractivity contribution in [2.45, 2.75) is 26.3 Å². The highest BCUT2D eigenvalue weighted by Crippen LogP contribution is 2.25. The summed E-state index contributed by atoms with van der Waals surface area (Å²) in [5, 5.41) is 9.09. The maximum Gasteiger partial charge on any atom is 0.308 e. The average molecular weight is 307 g/mol. The molecular formula is C16H21NO5. The minimum atomic E-state index is -0.852. The Bertz CT molecular complexity index is 572. The van der Waals surface area contributed by atoms with E-state index in [4.69, 9.17) is 14.6 Å². The number of ether oxygens (including phenoxy) is 2. The van der Waals surface area contributed by atoms with Crippen molar-refractivity contribution in [2.75, 3.05) is 20.3 Å². The first-order valence-corrected chi connectivity index (χ1v) is 7.23. The van der Waals surface area contributed by atoms with Crippen molar-refractivity contribution >= 4 is 11.9 Å². The van der Waals surface area contributed by atoms with E-state index in [0.717, 1.165) is 11.3 Å². The Morgan fingerprint density at radius 1 is 1.41 bits per heavy atom. The number of benzene rings is 1. The molecule has 0 aliphatic carbocycles. The molecule has 0 bridgehead atoms. The molecule has 22 heavy (non-hydrogen) atoms. The van der Waals surface area contributed by atoms with Crippen LogP contribution in [0.2, 0.25) is 0 Å². The molecule has 1 aromatic carbocycles. The van der Waals surface area contributed by atoms with E-state index in [1.807, 2.05) is 6.92 Å². The maximum atomic E-state index is 12.2. The first-order valence-electron chi connectivity index (χ1n) is 7.23. The monoisotopic (exact) mass is 307 g/mol. The van der Waals surface area contributed by atoms with Gasteiger partial charge in [0.1, 0.15) is 11.5 Å². The van der Waals surface area contributed by atoms with E-state index in [-0.39, 0.29) is 18.6 Å². The molecule has 2 atom stereocenters. The van der Waals surface area contributed by atoms with Crippen LogP contribution in [0.5, 0.6) is 11.5 Å². The van der Waals surface area contributed by atoms with Crippen LogP contribution in [-0.4, -0.2) is 48.2 Å². The van der Waals surface area contributed by atoms with E-state index >= 15 is 0 Å². The van der Waals surface area contributed by atoms with E-state index in [2.05, 4.69) is 0 Å². The lowest BCUT2D eigenvalue weighted by Crippen LogP contribution is -2.40. The van der Waals surface area contributed by atoms with Crippen LogP contribution in [0.4, 0.5) is 0 Å². The summed E-state index contributed by atoms with van der Waals surface area (Å²) in [6.07, 6.45) is 0.490. The number of methoxy groups -OCH3 is 1. The molecule has 1 aromatic rings. The fourth-order valence-corrected chi connectivity index (χ4v) is 2.79. The third-order valence-electron chi connectivity index (χ3n) is 4.12. The quantitative estimate of drug-likeness (QED) is 0.896. The summed E-state index contributed by atoms with van der Waals surface area (Å²) in [5.41, 5.74) is 0.924. The van der Waals surface area contributed by atoms with Gasteiger partial charge >= 0.3 is 5.97 Å². The third kappa shape index (κ3) is 3.32. The van der Waals surface area contributed by atoms with Gasteiger partial charge in [0.25, 0.3) is 5.91 Å². The lowest BCUT2D eigenvalue weighted by molar-refractivity contribution is -0.143. The second-order valence-electron chi connectivity index (χ2n) is 5.48. The molecule has 0 aromatic heterocycles. The minimum Gasteiger partial charge on any atom is -0.496 e. The molecule has 1 saturated heterocycles. The average Bonchev–Trinajstić information content (AvgIpc) is 2.87. The molecule has 6 heteroatoms. The Morgan fingerprint density at radius 3 is 2.68 bits per heavy atom.